The van der Waals surface area contributed by atoms with Crippen molar-refractivity contribution in [2.24, 2.45) is 0 Å². The summed E-state index contributed by atoms with van der Waals surface area (Å²) in [5.41, 5.74) is 0. The van der Waals surface area contributed by atoms with Gasteiger partial charge in [0.15, 0.2) is 0 Å². The van der Waals surface area contributed by atoms with Gasteiger partial charge in [-0.15, -0.1) is 0 Å². The molecule has 1 heterocycles. The molecule has 1 saturated heterocycles. The Hall–Kier alpha value is 0.0200. The van der Waals surface area contributed by atoms with Gasteiger partial charge in [-0.1, -0.05) is 0 Å². The number of epoxide rings is 1. The molecule has 1 rings (SSSR count). The summed E-state index contributed by atoms with van der Waals surface area (Å²) in [5.74, 6) is 0. The Labute approximate surface area is 42.2 Å². The van der Waals surface area contributed by atoms with E-state index in [9.17, 15) is 4.57 Å². The van der Waals surface area contributed by atoms with Crippen molar-refractivity contribution in [1.82, 2.24) is 0 Å². The lowest BCUT2D eigenvalue weighted by Crippen LogP contribution is -1.86. The van der Waals surface area contributed by atoms with Crippen LogP contribution >= 0.6 is 8.03 Å². The van der Waals surface area contributed by atoms with Gasteiger partial charge in [0.05, 0.1) is 6.61 Å². The summed E-state index contributed by atoms with van der Waals surface area (Å²) >= 11 is 0. The standard InChI is InChI=1S/C3H5O3P/c4-7(5)2-3-1-6-3/h3H,1-2H2/p+1. The molecule has 3 nitrogen and oxygen atoms in total. The lowest BCUT2D eigenvalue weighted by atomic mass is 10.6. The molecular weight excluding hydrogens is 115 g/mol. The van der Waals surface area contributed by atoms with Crippen molar-refractivity contribution in [1.29, 1.82) is 0 Å². The third-order valence-corrected chi connectivity index (χ3v) is 1.48. The van der Waals surface area contributed by atoms with E-state index in [1.807, 2.05) is 0 Å². The van der Waals surface area contributed by atoms with Crippen LogP contribution in [-0.2, 0) is 9.30 Å². The number of ether oxygens (including phenoxy) is 1. The maximum absolute atomic E-state index is 9.92. The molecule has 0 bridgehead atoms. The zero-order valence-corrected chi connectivity index (χ0v) is 4.60. The van der Waals surface area contributed by atoms with Gasteiger partial charge < -0.3 is 4.74 Å². The summed E-state index contributed by atoms with van der Waals surface area (Å²) in [7, 11) is -1.95. The Morgan fingerprint density at radius 2 is 2.57 bits per heavy atom. The third kappa shape index (κ3) is 1.97. The highest BCUT2D eigenvalue weighted by Crippen LogP contribution is 2.22. The molecule has 2 unspecified atom stereocenters. The molecule has 1 aliphatic rings. The SMILES string of the molecule is O=[P+](O)CC1CO1. The number of hydrogen-bond acceptors (Lipinski definition) is 2. The van der Waals surface area contributed by atoms with Gasteiger partial charge in [-0.2, -0.15) is 4.89 Å². The summed E-state index contributed by atoms with van der Waals surface area (Å²) in [5, 5.41) is 0. The summed E-state index contributed by atoms with van der Waals surface area (Å²) in [6, 6.07) is 0. The largest absolute Gasteiger partial charge is 0.508 e. The molecule has 0 aromatic heterocycles. The van der Waals surface area contributed by atoms with Crippen LogP contribution in [-0.4, -0.2) is 23.8 Å². The van der Waals surface area contributed by atoms with E-state index in [1.54, 1.807) is 0 Å². The first-order chi connectivity index (χ1) is 3.29. The zero-order chi connectivity index (χ0) is 5.28. The Kier molecular flexibility index (Phi) is 1.38. The maximum atomic E-state index is 9.92. The summed E-state index contributed by atoms with van der Waals surface area (Å²) in [6.45, 7) is 0.668. The molecule has 0 aromatic rings. The van der Waals surface area contributed by atoms with E-state index in [0.717, 1.165) is 0 Å². The van der Waals surface area contributed by atoms with Crippen molar-refractivity contribution in [3.63, 3.8) is 0 Å². The maximum Gasteiger partial charge on any atom is 0.508 e. The van der Waals surface area contributed by atoms with Crippen molar-refractivity contribution in [2.45, 2.75) is 6.10 Å². The first-order valence-corrected chi connectivity index (χ1v) is 3.44. The van der Waals surface area contributed by atoms with Gasteiger partial charge in [0.2, 0.25) is 6.16 Å². The summed E-state index contributed by atoms with van der Waals surface area (Å²) in [6.07, 6.45) is 0.406. The first-order valence-electron chi connectivity index (χ1n) is 2.04. The molecule has 0 saturated carbocycles. The van der Waals surface area contributed by atoms with Crippen molar-refractivity contribution in [3.8, 4) is 0 Å². The van der Waals surface area contributed by atoms with Gasteiger partial charge in [0.25, 0.3) is 0 Å². The topological polar surface area (TPSA) is 49.8 Å². The first kappa shape index (κ1) is 5.16. The van der Waals surface area contributed by atoms with Crippen LogP contribution in [0.5, 0.6) is 0 Å². The van der Waals surface area contributed by atoms with Gasteiger partial charge in [-0.3, -0.25) is 0 Å². The summed E-state index contributed by atoms with van der Waals surface area (Å²) < 4.78 is 14.6. The van der Waals surface area contributed by atoms with Gasteiger partial charge in [0.1, 0.15) is 6.10 Å². The van der Waals surface area contributed by atoms with Crippen LogP contribution in [0.25, 0.3) is 0 Å². The van der Waals surface area contributed by atoms with Crippen LogP contribution in [0.1, 0.15) is 0 Å². The van der Waals surface area contributed by atoms with E-state index >= 15 is 0 Å². The molecule has 1 N–H and O–H groups in total. The van der Waals surface area contributed by atoms with Crippen LogP contribution in [0.3, 0.4) is 0 Å². The van der Waals surface area contributed by atoms with Crippen molar-refractivity contribution in [3.05, 3.63) is 0 Å². The molecule has 0 spiro atoms. The van der Waals surface area contributed by atoms with Crippen LogP contribution in [0.4, 0.5) is 0 Å². The fourth-order valence-corrected chi connectivity index (χ4v) is 0.907. The fourth-order valence-electron chi connectivity index (χ4n) is 0.348. The minimum Gasteiger partial charge on any atom is -0.368 e. The Balaban J connectivity index is 2.08. The highest BCUT2D eigenvalue weighted by Gasteiger charge is 2.31. The molecule has 0 aromatic carbocycles. The fraction of sp³-hybridized carbons (Fsp3) is 1.00. The predicted molar refractivity (Wildman–Crippen MR) is 24.4 cm³/mol. The van der Waals surface area contributed by atoms with Crippen molar-refractivity contribution >= 4 is 8.03 Å². The molecule has 1 aliphatic heterocycles. The number of rotatable bonds is 2. The molecule has 40 valence electrons. The molecular formula is C3H6O3P+. The molecule has 1 fully saturated rings. The lowest BCUT2D eigenvalue weighted by molar-refractivity contribution is 0.416. The Bertz CT molecular complexity index is 88.2. The Morgan fingerprint density at radius 1 is 2.00 bits per heavy atom. The van der Waals surface area contributed by atoms with Crippen LogP contribution < -0.4 is 0 Å². The molecule has 0 amide bonds. The van der Waals surface area contributed by atoms with E-state index in [1.165, 1.54) is 0 Å². The average Bonchev–Trinajstić information content (AvgIpc) is 2.17. The van der Waals surface area contributed by atoms with E-state index in [4.69, 9.17) is 4.89 Å². The molecule has 4 heteroatoms. The van der Waals surface area contributed by atoms with E-state index in [0.29, 0.717) is 12.8 Å². The minimum atomic E-state index is -1.95. The predicted octanol–water partition coefficient (Wildman–Crippen LogP) is 0.120. The van der Waals surface area contributed by atoms with Crippen molar-refractivity contribution < 1.29 is 14.2 Å². The van der Waals surface area contributed by atoms with E-state index in [2.05, 4.69) is 4.74 Å². The third-order valence-electron chi connectivity index (χ3n) is 0.762. The van der Waals surface area contributed by atoms with Gasteiger partial charge in [-0.05, 0) is 4.57 Å². The minimum absolute atomic E-state index is 0.0913. The quantitative estimate of drug-likeness (QED) is 0.417. The van der Waals surface area contributed by atoms with E-state index < -0.39 is 8.03 Å². The second-order valence-corrected chi connectivity index (χ2v) is 2.56. The normalized spacial score (nSPS) is 29.9. The monoisotopic (exact) mass is 121 g/mol. The zero-order valence-electron chi connectivity index (χ0n) is 3.70. The second kappa shape index (κ2) is 1.86. The molecule has 7 heavy (non-hydrogen) atoms. The lowest BCUT2D eigenvalue weighted by Gasteiger charge is -1.66. The van der Waals surface area contributed by atoms with Crippen LogP contribution in [0.2, 0.25) is 0 Å². The van der Waals surface area contributed by atoms with Gasteiger partial charge in [0, 0.05) is 0 Å². The van der Waals surface area contributed by atoms with E-state index in [-0.39, 0.29) is 6.10 Å². The van der Waals surface area contributed by atoms with Crippen LogP contribution in [0, 0.1) is 0 Å². The van der Waals surface area contributed by atoms with Crippen LogP contribution in [0.15, 0.2) is 0 Å². The van der Waals surface area contributed by atoms with Crippen molar-refractivity contribution in [2.75, 3.05) is 12.8 Å². The van der Waals surface area contributed by atoms with Gasteiger partial charge >= 0.3 is 8.03 Å². The highest BCUT2D eigenvalue weighted by atomic mass is 31.1. The molecule has 2 atom stereocenters. The molecule has 0 aliphatic carbocycles. The highest BCUT2D eigenvalue weighted by molar-refractivity contribution is 7.38. The van der Waals surface area contributed by atoms with Gasteiger partial charge in [-0.25, -0.2) is 0 Å². The average molecular weight is 121 g/mol. The Morgan fingerprint density at radius 3 is 2.71 bits per heavy atom. The summed E-state index contributed by atoms with van der Waals surface area (Å²) in [4.78, 5) is 8.19. The second-order valence-electron chi connectivity index (χ2n) is 1.49. The number of hydrogen-bond donors (Lipinski definition) is 1. The molecule has 0 radical (unpaired) electrons. The smallest absolute Gasteiger partial charge is 0.368 e.